The molecule has 0 heterocycles. The molecular formula is C16H23N. The molecule has 2 rings (SSSR count). The van der Waals surface area contributed by atoms with Crippen LogP contribution in [0.1, 0.15) is 64.7 Å². The molecule has 0 spiro atoms. The van der Waals surface area contributed by atoms with Crippen LogP contribution in [0, 0.1) is 17.2 Å². The van der Waals surface area contributed by atoms with E-state index in [0.29, 0.717) is 5.92 Å². The van der Waals surface area contributed by atoms with Crippen LogP contribution in [-0.2, 0) is 0 Å². The molecule has 0 bridgehead atoms. The molecule has 1 fully saturated rings. The maximum atomic E-state index is 9.49. The van der Waals surface area contributed by atoms with Gasteiger partial charge in [-0.1, -0.05) is 31.4 Å². The summed E-state index contributed by atoms with van der Waals surface area (Å²) in [6, 6.07) is 2.51. The minimum absolute atomic E-state index is 0.592. The van der Waals surface area contributed by atoms with E-state index >= 15 is 0 Å². The fourth-order valence-electron chi connectivity index (χ4n) is 3.14. The van der Waals surface area contributed by atoms with Crippen LogP contribution in [-0.4, -0.2) is 0 Å². The zero-order valence-corrected chi connectivity index (χ0v) is 11.0. The van der Waals surface area contributed by atoms with Crippen LogP contribution in [0.3, 0.4) is 0 Å². The average molecular weight is 229 g/mol. The van der Waals surface area contributed by atoms with E-state index in [4.69, 9.17) is 0 Å². The number of allylic oxidation sites excluding steroid dienone is 4. The highest BCUT2D eigenvalue weighted by atomic mass is 14.3. The topological polar surface area (TPSA) is 23.8 Å². The molecule has 0 amide bonds. The SMILES string of the molecule is CC1CCCC=C1C(C#N)=C1CCCCCC1. The third-order valence-electron chi connectivity index (χ3n) is 4.20. The van der Waals surface area contributed by atoms with Crippen LogP contribution in [0.2, 0.25) is 0 Å². The molecule has 1 nitrogen and oxygen atoms in total. The number of nitrogens with zero attached hydrogens (tertiary/aromatic N) is 1. The molecule has 0 aromatic carbocycles. The number of rotatable bonds is 1. The first-order chi connectivity index (χ1) is 8.33. The van der Waals surface area contributed by atoms with Crippen LogP contribution in [0.4, 0.5) is 0 Å². The van der Waals surface area contributed by atoms with E-state index in [-0.39, 0.29) is 0 Å². The summed E-state index contributed by atoms with van der Waals surface area (Å²) >= 11 is 0. The van der Waals surface area contributed by atoms with E-state index in [1.54, 1.807) is 0 Å². The monoisotopic (exact) mass is 229 g/mol. The average Bonchev–Trinajstić information content (AvgIpc) is 2.62. The standard InChI is InChI=1S/C16H23N/c1-13-8-6-7-11-15(13)16(12-17)14-9-4-2-3-5-10-14/h11,13H,2-10H2,1H3. The van der Waals surface area contributed by atoms with E-state index in [1.165, 1.54) is 49.7 Å². The lowest BCUT2D eigenvalue weighted by molar-refractivity contribution is 0.558. The Bertz CT molecular complexity index is 357. The van der Waals surface area contributed by atoms with Crippen LogP contribution in [0.15, 0.2) is 22.8 Å². The van der Waals surface area contributed by atoms with Crippen molar-refractivity contribution < 1.29 is 0 Å². The van der Waals surface area contributed by atoms with Gasteiger partial charge in [0.15, 0.2) is 0 Å². The highest BCUT2D eigenvalue weighted by molar-refractivity contribution is 5.47. The molecule has 0 radical (unpaired) electrons. The number of nitriles is 1. The highest BCUT2D eigenvalue weighted by Crippen LogP contribution is 2.34. The van der Waals surface area contributed by atoms with Gasteiger partial charge in [0.25, 0.3) is 0 Å². The zero-order valence-electron chi connectivity index (χ0n) is 11.0. The highest BCUT2D eigenvalue weighted by Gasteiger charge is 2.20. The fraction of sp³-hybridized carbons (Fsp3) is 0.688. The van der Waals surface area contributed by atoms with Crippen molar-refractivity contribution in [1.29, 1.82) is 5.26 Å². The van der Waals surface area contributed by atoms with Gasteiger partial charge in [-0.15, -0.1) is 0 Å². The summed E-state index contributed by atoms with van der Waals surface area (Å²) in [5.74, 6) is 0.592. The lowest BCUT2D eigenvalue weighted by Crippen LogP contribution is -2.08. The predicted molar refractivity (Wildman–Crippen MR) is 71.4 cm³/mol. The van der Waals surface area contributed by atoms with Gasteiger partial charge in [-0.25, -0.2) is 0 Å². The summed E-state index contributed by atoms with van der Waals surface area (Å²) in [4.78, 5) is 0. The summed E-state index contributed by atoms with van der Waals surface area (Å²) in [5, 5.41) is 9.49. The summed E-state index contributed by atoms with van der Waals surface area (Å²) in [6.07, 6.45) is 13.6. The first-order valence-corrected chi connectivity index (χ1v) is 7.15. The Kier molecular flexibility index (Phi) is 4.42. The van der Waals surface area contributed by atoms with Gasteiger partial charge in [0.2, 0.25) is 0 Å². The zero-order chi connectivity index (χ0) is 12.1. The van der Waals surface area contributed by atoms with E-state index < -0.39 is 0 Å². The minimum Gasteiger partial charge on any atom is -0.192 e. The fourth-order valence-corrected chi connectivity index (χ4v) is 3.14. The van der Waals surface area contributed by atoms with Gasteiger partial charge in [-0.05, 0) is 56.4 Å². The summed E-state index contributed by atoms with van der Waals surface area (Å²) in [6.45, 7) is 2.28. The third-order valence-corrected chi connectivity index (χ3v) is 4.20. The first kappa shape index (κ1) is 12.4. The largest absolute Gasteiger partial charge is 0.192 e. The second-order valence-electron chi connectivity index (χ2n) is 5.50. The number of hydrogen-bond donors (Lipinski definition) is 0. The van der Waals surface area contributed by atoms with Crippen molar-refractivity contribution >= 4 is 0 Å². The molecule has 0 saturated heterocycles. The Morgan fingerprint density at radius 2 is 1.88 bits per heavy atom. The van der Waals surface area contributed by atoms with E-state index in [2.05, 4.69) is 19.1 Å². The Morgan fingerprint density at radius 3 is 2.47 bits per heavy atom. The van der Waals surface area contributed by atoms with Crippen molar-refractivity contribution in [3.63, 3.8) is 0 Å². The molecule has 1 unspecified atom stereocenters. The maximum Gasteiger partial charge on any atom is 0.0994 e. The Balaban J connectivity index is 2.27. The molecule has 0 aliphatic heterocycles. The second kappa shape index (κ2) is 6.05. The lowest BCUT2D eigenvalue weighted by Gasteiger charge is -2.22. The molecule has 1 atom stereocenters. The quantitative estimate of drug-likeness (QED) is 0.463. The van der Waals surface area contributed by atoms with Crippen molar-refractivity contribution in [3.05, 3.63) is 22.8 Å². The van der Waals surface area contributed by atoms with E-state index in [9.17, 15) is 5.26 Å². The summed E-state index contributed by atoms with van der Waals surface area (Å²) < 4.78 is 0. The Labute approximate surface area is 105 Å². The van der Waals surface area contributed by atoms with Gasteiger partial charge >= 0.3 is 0 Å². The molecule has 17 heavy (non-hydrogen) atoms. The molecular weight excluding hydrogens is 206 g/mol. The minimum atomic E-state index is 0.592. The van der Waals surface area contributed by atoms with Crippen molar-refractivity contribution in [1.82, 2.24) is 0 Å². The van der Waals surface area contributed by atoms with Gasteiger partial charge in [-0.2, -0.15) is 5.26 Å². The lowest BCUT2D eigenvalue weighted by atomic mass is 9.82. The maximum absolute atomic E-state index is 9.49. The van der Waals surface area contributed by atoms with Gasteiger partial charge in [0, 0.05) is 0 Å². The molecule has 0 N–H and O–H groups in total. The van der Waals surface area contributed by atoms with Crippen molar-refractivity contribution in [2.45, 2.75) is 64.7 Å². The van der Waals surface area contributed by atoms with E-state index in [0.717, 1.165) is 24.8 Å². The van der Waals surface area contributed by atoms with Crippen molar-refractivity contribution in [3.8, 4) is 6.07 Å². The molecule has 1 saturated carbocycles. The second-order valence-corrected chi connectivity index (χ2v) is 5.50. The van der Waals surface area contributed by atoms with Crippen LogP contribution in [0.5, 0.6) is 0 Å². The normalized spacial score (nSPS) is 25.8. The Hall–Kier alpha value is -1.03. The summed E-state index contributed by atoms with van der Waals surface area (Å²) in [7, 11) is 0. The predicted octanol–water partition coefficient (Wildman–Crippen LogP) is 4.91. The molecule has 1 heteroatoms. The molecule has 2 aliphatic rings. The number of hydrogen-bond acceptors (Lipinski definition) is 1. The van der Waals surface area contributed by atoms with Crippen molar-refractivity contribution in [2.24, 2.45) is 5.92 Å². The molecule has 0 aromatic heterocycles. The van der Waals surface area contributed by atoms with Crippen molar-refractivity contribution in [2.75, 3.05) is 0 Å². The summed E-state index contributed by atoms with van der Waals surface area (Å²) in [5.41, 5.74) is 3.86. The van der Waals surface area contributed by atoms with Gasteiger partial charge in [0.05, 0.1) is 11.6 Å². The third kappa shape index (κ3) is 3.00. The van der Waals surface area contributed by atoms with Gasteiger partial charge in [-0.3, -0.25) is 0 Å². The van der Waals surface area contributed by atoms with Crippen LogP contribution < -0.4 is 0 Å². The van der Waals surface area contributed by atoms with E-state index in [1.807, 2.05) is 0 Å². The molecule has 92 valence electrons. The van der Waals surface area contributed by atoms with Crippen LogP contribution >= 0.6 is 0 Å². The molecule has 0 aromatic rings. The Morgan fingerprint density at radius 1 is 1.18 bits per heavy atom. The smallest absolute Gasteiger partial charge is 0.0994 e. The molecule has 2 aliphatic carbocycles. The first-order valence-electron chi connectivity index (χ1n) is 7.15. The van der Waals surface area contributed by atoms with Crippen LogP contribution in [0.25, 0.3) is 0 Å². The van der Waals surface area contributed by atoms with Gasteiger partial charge in [0.1, 0.15) is 0 Å². The van der Waals surface area contributed by atoms with Gasteiger partial charge < -0.3 is 0 Å².